The lowest BCUT2D eigenvalue weighted by Crippen LogP contribution is -2.30. The van der Waals surface area contributed by atoms with Crippen LogP contribution in [0.4, 0.5) is 0 Å². The standard InChI is InChI=1S/C27H27N3S/c31-27-29(20-15-22-9-3-1-4-10-22)25-13-7-8-14-26(25)30(27)21-28-18-16-24(17-19-28)23-11-5-2-6-12-23/h1-14,16H,15,17-21H2. The van der Waals surface area contributed by atoms with Crippen LogP contribution in [0.25, 0.3) is 16.6 Å². The third-order valence-corrected chi connectivity index (χ3v) is 6.61. The third-order valence-electron chi connectivity index (χ3n) is 6.17. The van der Waals surface area contributed by atoms with Gasteiger partial charge in [-0.15, -0.1) is 0 Å². The highest BCUT2D eigenvalue weighted by Crippen LogP contribution is 2.24. The summed E-state index contributed by atoms with van der Waals surface area (Å²) in [5.74, 6) is 0. The number of fused-ring (bicyclic) bond motifs is 1. The Morgan fingerprint density at radius 2 is 1.39 bits per heavy atom. The summed E-state index contributed by atoms with van der Waals surface area (Å²) >= 11 is 5.96. The molecule has 0 N–H and O–H groups in total. The van der Waals surface area contributed by atoms with Gasteiger partial charge in [0.15, 0.2) is 4.77 Å². The van der Waals surface area contributed by atoms with E-state index in [2.05, 4.69) is 105 Å². The molecule has 0 fully saturated rings. The van der Waals surface area contributed by atoms with Crippen LogP contribution in [-0.2, 0) is 19.6 Å². The van der Waals surface area contributed by atoms with Gasteiger partial charge in [-0.3, -0.25) is 4.90 Å². The van der Waals surface area contributed by atoms with Gasteiger partial charge in [0.2, 0.25) is 0 Å². The van der Waals surface area contributed by atoms with Gasteiger partial charge in [-0.25, -0.2) is 0 Å². The van der Waals surface area contributed by atoms with E-state index < -0.39 is 0 Å². The maximum absolute atomic E-state index is 5.96. The first-order valence-corrected chi connectivity index (χ1v) is 11.4. The highest BCUT2D eigenvalue weighted by atomic mass is 32.1. The average Bonchev–Trinajstić information content (AvgIpc) is 3.10. The zero-order valence-corrected chi connectivity index (χ0v) is 18.5. The van der Waals surface area contributed by atoms with E-state index in [4.69, 9.17) is 12.2 Å². The van der Waals surface area contributed by atoms with Crippen molar-refractivity contribution in [2.45, 2.75) is 26.1 Å². The van der Waals surface area contributed by atoms with Crippen LogP contribution in [0, 0.1) is 4.77 Å². The first kappa shape index (κ1) is 20.0. The first-order chi connectivity index (χ1) is 15.3. The molecule has 0 aliphatic carbocycles. The molecule has 1 aliphatic rings. The Morgan fingerprint density at radius 1 is 0.742 bits per heavy atom. The van der Waals surface area contributed by atoms with E-state index in [1.807, 2.05) is 0 Å². The largest absolute Gasteiger partial charge is 0.316 e. The number of aromatic nitrogens is 2. The zero-order valence-electron chi connectivity index (χ0n) is 17.7. The van der Waals surface area contributed by atoms with Crippen molar-refractivity contribution >= 4 is 28.8 Å². The van der Waals surface area contributed by atoms with Crippen LogP contribution < -0.4 is 0 Å². The fraction of sp³-hybridized carbons (Fsp3) is 0.222. The summed E-state index contributed by atoms with van der Waals surface area (Å²) in [5.41, 5.74) is 6.58. The van der Waals surface area contributed by atoms with Gasteiger partial charge in [-0.1, -0.05) is 78.9 Å². The monoisotopic (exact) mass is 425 g/mol. The zero-order chi connectivity index (χ0) is 21.0. The van der Waals surface area contributed by atoms with E-state index in [-0.39, 0.29) is 0 Å². The highest BCUT2D eigenvalue weighted by molar-refractivity contribution is 7.71. The molecule has 5 rings (SSSR count). The second-order valence-corrected chi connectivity index (χ2v) is 8.52. The molecule has 0 amide bonds. The maximum Gasteiger partial charge on any atom is 0.181 e. The fourth-order valence-electron chi connectivity index (χ4n) is 4.46. The topological polar surface area (TPSA) is 13.1 Å². The Balaban J connectivity index is 1.37. The van der Waals surface area contributed by atoms with Crippen molar-refractivity contribution in [1.29, 1.82) is 0 Å². The van der Waals surface area contributed by atoms with Crippen molar-refractivity contribution in [3.8, 4) is 0 Å². The van der Waals surface area contributed by atoms with Crippen LogP contribution in [0.3, 0.4) is 0 Å². The van der Waals surface area contributed by atoms with E-state index in [0.29, 0.717) is 0 Å². The molecule has 0 unspecified atom stereocenters. The summed E-state index contributed by atoms with van der Waals surface area (Å²) in [6, 6.07) is 30.0. The molecular formula is C27H27N3S. The van der Waals surface area contributed by atoms with Crippen LogP contribution in [0.15, 0.2) is 91.0 Å². The molecule has 0 bridgehead atoms. The van der Waals surface area contributed by atoms with Gasteiger partial charge in [0.1, 0.15) is 0 Å². The molecule has 31 heavy (non-hydrogen) atoms. The minimum Gasteiger partial charge on any atom is -0.316 e. The van der Waals surface area contributed by atoms with E-state index in [1.165, 1.54) is 27.7 Å². The molecule has 0 atom stereocenters. The third kappa shape index (κ3) is 4.27. The smallest absolute Gasteiger partial charge is 0.181 e. The van der Waals surface area contributed by atoms with Crippen LogP contribution in [-0.4, -0.2) is 27.1 Å². The van der Waals surface area contributed by atoms with Crippen molar-refractivity contribution in [2.75, 3.05) is 13.1 Å². The van der Waals surface area contributed by atoms with Gasteiger partial charge in [-0.05, 0) is 53.9 Å². The van der Waals surface area contributed by atoms with Crippen LogP contribution >= 0.6 is 12.2 Å². The Bertz CT molecular complexity index is 1250. The number of benzene rings is 3. The predicted molar refractivity (Wildman–Crippen MR) is 132 cm³/mol. The Morgan fingerprint density at radius 3 is 2.06 bits per heavy atom. The summed E-state index contributed by atoms with van der Waals surface area (Å²) < 4.78 is 5.51. The lowest BCUT2D eigenvalue weighted by molar-refractivity contribution is 0.242. The Kier molecular flexibility index (Phi) is 5.83. The maximum atomic E-state index is 5.96. The predicted octanol–water partition coefficient (Wildman–Crippen LogP) is 6.16. The molecule has 0 saturated heterocycles. The molecule has 0 spiro atoms. The van der Waals surface area contributed by atoms with Gasteiger partial charge >= 0.3 is 0 Å². The van der Waals surface area contributed by atoms with Gasteiger partial charge in [0, 0.05) is 19.6 Å². The minimum atomic E-state index is 0.830. The van der Waals surface area contributed by atoms with Gasteiger partial charge in [-0.2, -0.15) is 0 Å². The van der Waals surface area contributed by atoms with E-state index in [1.54, 1.807) is 0 Å². The second-order valence-electron chi connectivity index (χ2n) is 8.15. The number of para-hydroxylation sites is 2. The molecule has 2 heterocycles. The molecule has 1 aliphatic heterocycles. The van der Waals surface area contributed by atoms with E-state index >= 15 is 0 Å². The van der Waals surface area contributed by atoms with E-state index in [9.17, 15) is 0 Å². The number of aryl methyl sites for hydroxylation is 2. The number of nitrogens with zero attached hydrogens (tertiary/aromatic N) is 3. The number of imidazole rings is 1. The van der Waals surface area contributed by atoms with Crippen molar-refractivity contribution < 1.29 is 0 Å². The van der Waals surface area contributed by atoms with Crippen LogP contribution in [0.2, 0.25) is 0 Å². The lowest BCUT2D eigenvalue weighted by atomic mass is 10.00. The molecule has 4 aromatic rings. The normalized spacial score (nSPS) is 14.6. The molecule has 4 heteroatoms. The first-order valence-electron chi connectivity index (χ1n) is 11.0. The number of rotatable bonds is 6. The van der Waals surface area contributed by atoms with Crippen molar-refractivity contribution in [1.82, 2.24) is 14.0 Å². The molecule has 0 radical (unpaired) electrons. The summed E-state index contributed by atoms with van der Waals surface area (Å²) in [6.45, 7) is 3.73. The summed E-state index contributed by atoms with van der Waals surface area (Å²) in [7, 11) is 0. The fourth-order valence-corrected chi connectivity index (χ4v) is 4.81. The molecule has 3 nitrogen and oxygen atoms in total. The van der Waals surface area contributed by atoms with Gasteiger partial charge in [0.05, 0.1) is 17.7 Å². The Hall–Kier alpha value is -2.95. The van der Waals surface area contributed by atoms with Gasteiger partial charge < -0.3 is 9.13 Å². The summed E-state index contributed by atoms with van der Waals surface area (Å²) in [5, 5.41) is 0. The molecule has 3 aromatic carbocycles. The average molecular weight is 426 g/mol. The molecule has 156 valence electrons. The molecule has 1 aromatic heterocycles. The quantitative estimate of drug-likeness (QED) is 0.343. The summed E-state index contributed by atoms with van der Waals surface area (Å²) in [6.07, 6.45) is 4.43. The second kappa shape index (κ2) is 9.04. The van der Waals surface area contributed by atoms with E-state index in [0.717, 1.165) is 43.9 Å². The lowest BCUT2D eigenvalue weighted by Gasteiger charge is -2.27. The minimum absolute atomic E-state index is 0.830. The Labute approximate surface area is 188 Å². The molecular weight excluding hydrogens is 398 g/mol. The van der Waals surface area contributed by atoms with Gasteiger partial charge in [0.25, 0.3) is 0 Å². The number of hydrogen-bond acceptors (Lipinski definition) is 2. The van der Waals surface area contributed by atoms with Crippen molar-refractivity contribution in [3.63, 3.8) is 0 Å². The van der Waals surface area contributed by atoms with Crippen LogP contribution in [0.5, 0.6) is 0 Å². The summed E-state index contributed by atoms with van der Waals surface area (Å²) in [4.78, 5) is 2.48. The molecule has 0 saturated carbocycles. The number of hydrogen-bond donors (Lipinski definition) is 0. The van der Waals surface area contributed by atoms with Crippen LogP contribution in [0.1, 0.15) is 17.5 Å². The van der Waals surface area contributed by atoms with Crippen molar-refractivity contribution in [3.05, 3.63) is 107 Å². The van der Waals surface area contributed by atoms with Crippen molar-refractivity contribution in [2.24, 2.45) is 0 Å². The SMILES string of the molecule is S=c1n(CCc2ccccc2)c2ccccc2n1CN1CC=C(c2ccccc2)CC1. The highest BCUT2D eigenvalue weighted by Gasteiger charge is 2.16.